The van der Waals surface area contributed by atoms with Crippen LogP contribution < -0.4 is 10.6 Å². The van der Waals surface area contributed by atoms with Gasteiger partial charge in [0.15, 0.2) is 0 Å². The lowest BCUT2D eigenvalue weighted by molar-refractivity contribution is -0.137. The number of benzene rings is 1. The second-order valence-corrected chi connectivity index (χ2v) is 4.88. The van der Waals surface area contributed by atoms with Crippen molar-refractivity contribution >= 4 is 17.4 Å². The number of pyridine rings is 1. The van der Waals surface area contributed by atoms with Crippen LogP contribution in [0.15, 0.2) is 42.6 Å². The van der Waals surface area contributed by atoms with Crippen molar-refractivity contribution in [1.29, 1.82) is 0 Å². The first-order valence-corrected chi connectivity index (χ1v) is 7.07. The first-order valence-electron chi connectivity index (χ1n) is 7.07. The number of nitrogens with one attached hydrogen (secondary N) is 2. The van der Waals surface area contributed by atoms with Crippen LogP contribution in [0.2, 0.25) is 0 Å². The number of hydrogen-bond donors (Lipinski definition) is 2. The van der Waals surface area contributed by atoms with E-state index in [9.17, 15) is 18.0 Å². The van der Waals surface area contributed by atoms with E-state index in [2.05, 4.69) is 15.6 Å². The number of anilines is 2. The van der Waals surface area contributed by atoms with Crippen LogP contribution in [0.4, 0.5) is 24.7 Å². The van der Waals surface area contributed by atoms with Gasteiger partial charge in [0.2, 0.25) is 0 Å². The zero-order chi connectivity index (χ0) is 17.6. The summed E-state index contributed by atoms with van der Waals surface area (Å²) in [5.74, 6) is 0.142. The number of rotatable bonds is 6. The summed E-state index contributed by atoms with van der Waals surface area (Å²) in [6.45, 7) is 1.11. The Bertz CT molecular complexity index is 670. The number of ether oxygens (including phenoxy) is 1. The van der Waals surface area contributed by atoms with E-state index in [0.29, 0.717) is 24.5 Å². The Labute approximate surface area is 136 Å². The molecule has 0 radical (unpaired) electrons. The molecule has 1 heterocycles. The topological polar surface area (TPSA) is 63.2 Å². The number of carbonyl (C=O) groups is 1. The van der Waals surface area contributed by atoms with Crippen LogP contribution in [0.5, 0.6) is 0 Å². The van der Waals surface area contributed by atoms with Gasteiger partial charge < -0.3 is 15.4 Å². The predicted octanol–water partition coefficient (Wildman–Crippen LogP) is 3.41. The van der Waals surface area contributed by atoms with Gasteiger partial charge in [-0.1, -0.05) is 0 Å². The molecular weight excluding hydrogens is 323 g/mol. The number of carbonyl (C=O) groups excluding carboxylic acids is 1. The van der Waals surface area contributed by atoms with Crippen molar-refractivity contribution in [1.82, 2.24) is 4.98 Å². The fraction of sp³-hybridized carbons (Fsp3) is 0.250. The maximum Gasteiger partial charge on any atom is 0.416 e. The third-order valence-electron chi connectivity index (χ3n) is 3.11. The summed E-state index contributed by atoms with van der Waals surface area (Å²) in [7, 11) is 1.59. The number of halogens is 3. The Morgan fingerprint density at radius 3 is 2.42 bits per heavy atom. The van der Waals surface area contributed by atoms with Gasteiger partial charge in [-0.3, -0.25) is 4.79 Å². The fourth-order valence-electron chi connectivity index (χ4n) is 1.86. The van der Waals surface area contributed by atoms with Crippen molar-refractivity contribution in [3.05, 3.63) is 53.7 Å². The number of alkyl halides is 3. The minimum absolute atomic E-state index is 0.273. The molecular formula is C16H16F3N3O2. The molecule has 1 amide bonds. The van der Waals surface area contributed by atoms with Crippen LogP contribution in [0, 0.1) is 0 Å². The number of amides is 1. The fourth-order valence-corrected chi connectivity index (χ4v) is 1.86. The Morgan fingerprint density at radius 2 is 1.88 bits per heavy atom. The monoisotopic (exact) mass is 339 g/mol. The Kier molecular flexibility index (Phi) is 5.75. The van der Waals surface area contributed by atoms with Crippen molar-refractivity contribution in [2.75, 3.05) is 30.9 Å². The van der Waals surface area contributed by atoms with Gasteiger partial charge in [0.05, 0.1) is 17.7 Å². The van der Waals surface area contributed by atoms with Gasteiger partial charge in [0.1, 0.15) is 5.82 Å². The summed E-state index contributed by atoms with van der Waals surface area (Å²) >= 11 is 0. The van der Waals surface area contributed by atoms with Crippen LogP contribution >= 0.6 is 0 Å². The van der Waals surface area contributed by atoms with Crippen LogP contribution in [0.25, 0.3) is 0 Å². The van der Waals surface area contributed by atoms with Crippen molar-refractivity contribution < 1.29 is 22.7 Å². The molecule has 128 valence electrons. The van der Waals surface area contributed by atoms with E-state index in [0.717, 1.165) is 12.1 Å². The summed E-state index contributed by atoms with van der Waals surface area (Å²) < 4.78 is 42.4. The summed E-state index contributed by atoms with van der Waals surface area (Å²) in [6.07, 6.45) is -3.02. The van der Waals surface area contributed by atoms with Crippen LogP contribution in [-0.4, -0.2) is 31.2 Å². The minimum Gasteiger partial charge on any atom is -0.383 e. The average Bonchev–Trinajstić information content (AvgIpc) is 2.55. The highest BCUT2D eigenvalue weighted by molar-refractivity contribution is 6.04. The molecule has 0 atom stereocenters. The summed E-state index contributed by atoms with van der Waals surface area (Å²) in [5, 5.41) is 5.53. The standard InChI is InChI=1S/C16H16F3N3O2/c1-24-9-8-20-14-7-2-11(10-21-14)15(23)22-13-5-3-12(4-6-13)16(17,18)19/h2-7,10H,8-9H2,1H3,(H,20,21)(H,22,23). The molecule has 0 bridgehead atoms. The molecule has 0 saturated carbocycles. The van der Waals surface area contributed by atoms with Crippen molar-refractivity contribution in [2.45, 2.75) is 6.18 Å². The summed E-state index contributed by atoms with van der Waals surface area (Å²) in [5.41, 5.74) is -0.198. The Balaban J connectivity index is 1.96. The molecule has 8 heteroatoms. The van der Waals surface area contributed by atoms with Gasteiger partial charge >= 0.3 is 6.18 Å². The molecule has 0 aliphatic carbocycles. The third-order valence-corrected chi connectivity index (χ3v) is 3.11. The lowest BCUT2D eigenvalue weighted by Crippen LogP contribution is -2.13. The number of hydrogen-bond acceptors (Lipinski definition) is 4. The van der Waals surface area contributed by atoms with E-state index >= 15 is 0 Å². The quantitative estimate of drug-likeness (QED) is 0.792. The van der Waals surface area contributed by atoms with E-state index in [1.54, 1.807) is 19.2 Å². The smallest absolute Gasteiger partial charge is 0.383 e. The molecule has 0 unspecified atom stereocenters. The lowest BCUT2D eigenvalue weighted by Gasteiger charge is -2.09. The first-order chi connectivity index (χ1) is 11.4. The second-order valence-electron chi connectivity index (χ2n) is 4.88. The molecule has 0 aliphatic heterocycles. The molecule has 0 saturated heterocycles. The highest BCUT2D eigenvalue weighted by Crippen LogP contribution is 2.29. The third kappa shape index (κ3) is 4.95. The minimum atomic E-state index is -4.40. The lowest BCUT2D eigenvalue weighted by atomic mass is 10.2. The van der Waals surface area contributed by atoms with E-state index in [1.807, 2.05) is 0 Å². The highest BCUT2D eigenvalue weighted by Gasteiger charge is 2.29. The van der Waals surface area contributed by atoms with Gasteiger partial charge in [-0.05, 0) is 36.4 Å². The zero-order valence-corrected chi connectivity index (χ0v) is 12.9. The van der Waals surface area contributed by atoms with Crippen LogP contribution in [0.1, 0.15) is 15.9 Å². The largest absolute Gasteiger partial charge is 0.416 e. The second kappa shape index (κ2) is 7.78. The van der Waals surface area contributed by atoms with Gasteiger partial charge in [0, 0.05) is 25.5 Å². The maximum absolute atomic E-state index is 12.5. The molecule has 0 aliphatic rings. The molecule has 1 aromatic carbocycles. The van der Waals surface area contributed by atoms with E-state index in [-0.39, 0.29) is 5.69 Å². The van der Waals surface area contributed by atoms with Crippen molar-refractivity contribution in [2.24, 2.45) is 0 Å². The molecule has 5 nitrogen and oxygen atoms in total. The van der Waals surface area contributed by atoms with Crippen molar-refractivity contribution in [3.63, 3.8) is 0 Å². The molecule has 1 aromatic heterocycles. The maximum atomic E-state index is 12.5. The molecule has 2 N–H and O–H groups in total. The highest BCUT2D eigenvalue weighted by atomic mass is 19.4. The average molecular weight is 339 g/mol. The first kappa shape index (κ1) is 17.7. The molecule has 0 spiro atoms. The van der Waals surface area contributed by atoms with E-state index in [1.165, 1.54) is 18.3 Å². The Morgan fingerprint density at radius 1 is 1.17 bits per heavy atom. The number of nitrogens with zero attached hydrogens (tertiary/aromatic N) is 1. The molecule has 2 rings (SSSR count). The predicted molar refractivity (Wildman–Crippen MR) is 84.0 cm³/mol. The molecule has 24 heavy (non-hydrogen) atoms. The van der Waals surface area contributed by atoms with Crippen molar-refractivity contribution in [3.8, 4) is 0 Å². The molecule has 0 fully saturated rings. The Hall–Kier alpha value is -2.61. The van der Waals surface area contributed by atoms with Gasteiger partial charge in [-0.2, -0.15) is 13.2 Å². The number of methoxy groups -OCH3 is 1. The van der Waals surface area contributed by atoms with Gasteiger partial charge in [-0.15, -0.1) is 0 Å². The normalized spacial score (nSPS) is 11.2. The van der Waals surface area contributed by atoms with E-state index < -0.39 is 17.6 Å². The van der Waals surface area contributed by atoms with E-state index in [4.69, 9.17) is 4.74 Å². The summed E-state index contributed by atoms with van der Waals surface area (Å²) in [4.78, 5) is 16.1. The van der Waals surface area contributed by atoms with Crippen LogP contribution in [-0.2, 0) is 10.9 Å². The zero-order valence-electron chi connectivity index (χ0n) is 12.9. The summed E-state index contributed by atoms with van der Waals surface area (Å²) in [6, 6.07) is 7.44. The van der Waals surface area contributed by atoms with Gasteiger partial charge in [-0.25, -0.2) is 4.98 Å². The molecule has 2 aromatic rings. The number of aromatic nitrogens is 1. The van der Waals surface area contributed by atoms with Gasteiger partial charge in [0.25, 0.3) is 5.91 Å². The SMILES string of the molecule is COCCNc1ccc(C(=O)Nc2ccc(C(F)(F)F)cc2)cn1. The van der Waals surface area contributed by atoms with Crippen LogP contribution in [0.3, 0.4) is 0 Å².